The highest BCUT2D eigenvalue weighted by Gasteiger charge is 2.36. The summed E-state index contributed by atoms with van der Waals surface area (Å²) in [5.41, 5.74) is 7.60. The van der Waals surface area contributed by atoms with Crippen molar-refractivity contribution in [2.45, 2.75) is 32.0 Å². The first kappa shape index (κ1) is 16.5. The van der Waals surface area contributed by atoms with E-state index in [-0.39, 0.29) is 18.6 Å². The maximum Gasteiger partial charge on any atom is 0.234 e. The number of amides is 2. The van der Waals surface area contributed by atoms with Crippen LogP contribution in [0, 0.1) is 6.92 Å². The topological polar surface area (TPSA) is 84.7 Å². The Balaban J connectivity index is 1.87. The van der Waals surface area contributed by atoms with E-state index in [9.17, 15) is 9.59 Å². The number of primary amides is 1. The zero-order valence-electron chi connectivity index (χ0n) is 13.0. The molecule has 1 saturated heterocycles. The monoisotopic (exact) mass is 305 g/mol. The van der Waals surface area contributed by atoms with Crippen molar-refractivity contribution in [3.8, 4) is 0 Å². The summed E-state index contributed by atoms with van der Waals surface area (Å²) in [4.78, 5) is 25.3. The minimum absolute atomic E-state index is 0.0536. The Hall–Kier alpha value is -1.92. The standard InChI is InChI=1S/C16H23N3O3/c1-11-4-3-5-12(6-11)8-18-15(20)10-19-9-13(22-2)7-14(19)16(17)21/h3-6,13-14H,7-10H2,1-2H3,(H2,17,21)(H,18,20)/t13-,14-/m0/s1. The van der Waals surface area contributed by atoms with E-state index in [0.717, 1.165) is 11.1 Å². The molecular weight excluding hydrogens is 282 g/mol. The molecule has 1 fully saturated rings. The Kier molecular flexibility index (Phi) is 5.51. The number of likely N-dealkylation sites (tertiary alicyclic amines) is 1. The molecule has 1 aliphatic rings. The van der Waals surface area contributed by atoms with Crippen LogP contribution in [0.2, 0.25) is 0 Å². The van der Waals surface area contributed by atoms with Gasteiger partial charge in [0, 0.05) is 20.2 Å². The van der Waals surface area contributed by atoms with Crippen LogP contribution < -0.4 is 11.1 Å². The Bertz CT molecular complexity index is 547. The Morgan fingerprint density at radius 1 is 1.45 bits per heavy atom. The van der Waals surface area contributed by atoms with Gasteiger partial charge in [-0.05, 0) is 18.9 Å². The van der Waals surface area contributed by atoms with E-state index in [4.69, 9.17) is 10.5 Å². The van der Waals surface area contributed by atoms with Gasteiger partial charge in [0.2, 0.25) is 11.8 Å². The number of carbonyl (C=O) groups is 2. The summed E-state index contributed by atoms with van der Waals surface area (Å²) in [7, 11) is 1.60. The average Bonchev–Trinajstić information content (AvgIpc) is 2.88. The summed E-state index contributed by atoms with van der Waals surface area (Å²) in [5.74, 6) is -0.532. The summed E-state index contributed by atoms with van der Waals surface area (Å²) in [6, 6.07) is 7.54. The predicted molar refractivity (Wildman–Crippen MR) is 83.0 cm³/mol. The smallest absolute Gasteiger partial charge is 0.234 e. The molecule has 1 aromatic carbocycles. The number of nitrogens with zero attached hydrogens (tertiary/aromatic N) is 1. The Morgan fingerprint density at radius 3 is 2.86 bits per heavy atom. The molecule has 0 aliphatic carbocycles. The molecule has 3 N–H and O–H groups in total. The Labute approximate surface area is 130 Å². The first-order chi connectivity index (χ1) is 10.5. The number of hydrogen-bond donors (Lipinski definition) is 2. The van der Waals surface area contributed by atoms with Crippen LogP contribution in [0.5, 0.6) is 0 Å². The highest BCUT2D eigenvalue weighted by molar-refractivity contribution is 5.82. The Morgan fingerprint density at radius 2 is 2.23 bits per heavy atom. The third-order valence-corrected chi connectivity index (χ3v) is 3.95. The SMILES string of the molecule is CO[C@H]1C[C@@H](C(N)=O)N(CC(=O)NCc2cccc(C)c2)C1. The highest BCUT2D eigenvalue weighted by atomic mass is 16.5. The molecular formula is C16H23N3O3. The van der Waals surface area contributed by atoms with Crippen molar-refractivity contribution in [1.29, 1.82) is 0 Å². The second-order valence-electron chi connectivity index (χ2n) is 5.71. The third-order valence-electron chi connectivity index (χ3n) is 3.95. The number of carbonyl (C=O) groups excluding carboxylic acids is 2. The minimum atomic E-state index is -0.435. The molecule has 2 rings (SSSR count). The van der Waals surface area contributed by atoms with Crippen molar-refractivity contribution < 1.29 is 14.3 Å². The number of methoxy groups -OCH3 is 1. The van der Waals surface area contributed by atoms with Gasteiger partial charge in [-0.25, -0.2) is 0 Å². The zero-order valence-corrected chi connectivity index (χ0v) is 13.0. The molecule has 22 heavy (non-hydrogen) atoms. The van der Waals surface area contributed by atoms with Crippen molar-refractivity contribution >= 4 is 11.8 Å². The molecule has 0 saturated carbocycles. The van der Waals surface area contributed by atoms with Crippen LogP contribution in [0.25, 0.3) is 0 Å². The van der Waals surface area contributed by atoms with Gasteiger partial charge in [0.15, 0.2) is 0 Å². The number of rotatable bonds is 6. The van der Waals surface area contributed by atoms with Crippen LogP contribution in [-0.2, 0) is 20.9 Å². The second-order valence-corrected chi connectivity index (χ2v) is 5.71. The minimum Gasteiger partial charge on any atom is -0.380 e. The molecule has 0 aromatic heterocycles. The van der Waals surface area contributed by atoms with Crippen molar-refractivity contribution in [2.75, 3.05) is 20.2 Å². The fourth-order valence-corrected chi connectivity index (χ4v) is 2.77. The number of nitrogens with two attached hydrogens (primary N) is 1. The summed E-state index contributed by atoms with van der Waals surface area (Å²) in [6.45, 7) is 3.18. The summed E-state index contributed by atoms with van der Waals surface area (Å²) in [5, 5.41) is 2.87. The zero-order chi connectivity index (χ0) is 16.1. The van der Waals surface area contributed by atoms with E-state index in [1.807, 2.05) is 31.2 Å². The maximum atomic E-state index is 12.1. The van der Waals surface area contributed by atoms with Crippen LogP contribution >= 0.6 is 0 Å². The van der Waals surface area contributed by atoms with E-state index < -0.39 is 11.9 Å². The molecule has 1 aliphatic heterocycles. The quantitative estimate of drug-likeness (QED) is 0.785. The van der Waals surface area contributed by atoms with E-state index >= 15 is 0 Å². The van der Waals surface area contributed by atoms with Crippen LogP contribution in [0.1, 0.15) is 17.5 Å². The molecule has 0 unspecified atom stereocenters. The molecule has 120 valence electrons. The van der Waals surface area contributed by atoms with Gasteiger partial charge >= 0.3 is 0 Å². The molecule has 2 atom stereocenters. The number of aryl methyl sites for hydroxylation is 1. The fourth-order valence-electron chi connectivity index (χ4n) is 2.77. The normalized spacial score (nSPS) is 21.7. The van der Waals surface area contributed by atoms with Gasteiger partial charge in [-0.1, -0.05) is 29.8 Å². The summed E-state index contributed by atoms with van der Waals surface area (Å²) < 4.78 is 5.26. The van der Waals surface area contributed by atoms with E-state index in [1.54, 1.807) is 12.0 Å². The average molecular weight is 305 g/mol. The largest absolute Gasteiger partial charge is 0.380 e. The van der Waals surface area contributed by atoms with Crippen LogP contribution in [0.3, 0.4) is 0 Å². The van der Waals surface area contributed by atoms with Crippen molar-refractivity contribution in [1.82, 2.24) is 10.2 Å². The van der Waals surface area contributed by atoms with Gasteiger partial charge in [-0.3, -0.25) is 14.5 Å². The molecule has 0 spiro atoms. The molecule has 1 aromatic rings. The lowest BCUT2D eigenvalue weighted by molar-refractivity contribution is -0.125. The van der Waals surface area contributed by atoms with Crippen molar-refractivity contribution in [3.05, 3.63) is 35.4 Å². The molecule has 6 heteroatoms. The molecule has 0 bridgehead atoms. The third kappa shape index (κ3) is 4.29. The first-order valence-electron chi connectivity index (χ1n) is 7.38. The van der Waals surface area contributed by atoms with Crippen LogP contribution in [0.15, 0.2) is 24.3 Å². The summed E-state index contributed by atoms with van der Waals surface area (Å²) >= 11 is 0. The molecule has 2 amide bonds. The summed E-state index contributed by atoms with van der Waals surface area (Å²) in [6.07, 6.45) is 0.485. The molecule has 1 heterocycles. The predicted octanol–water partition coefficient (Wildman–Crippen LogP) is 0.186. The highest BCUT2D eigenvalue weighted by Crippen LogP contribution is 2.19. The van der Waals surface area contributed by atoms with Gasteiger partial charge in [0.25, 0.3) is 0 Å². The number of nitrogens with one attached hydrogen (secondary N) is 1. The molecule has 6 nitrogen and oxygen atoms in total. The first-order valence-corrected chi connectivity index (χ1v) is 7.38. The van der Waals surface area contributed by atoms with E-state index in [0.29, 0.717) is 19.5 Å². The van der Waals surface area contributed by atoms with Gasteiger partial charge in [-0.15, -0.1) is 0 Å². The lowest BCUT2D eigenvalue weighted by Crippen LogP contribution is -2.45. The van der Waals surface area contributed by atoms with E-state index in [2.05, 4.69) is 5.32 Å². The van der Waals surface area contributed by atoms with Crippen LogP contribution in [0.4, 0.5) is 0 Å². The molecule has 0 radical (unpaired) electrons. The van der Waals surface area contributed by atoms with Gasteiger partial charge in [-0.2, -0.15) is 0 Å². The maximum absolute atomic E-state index is 12.1. The van der Waals surface area contributed by atoms with Crippen molar-refractivity contribution in [2.24, 2.45) is 5.73 Å². The number of benzene rings is 1. The van der Waals surface area contributed by atoms with Gasteiger partial charge in [0.1, 0.15) is 0 Å². The van der Waals surface area contributed by atoms with Gasteiger partial charge < -0.3 is 15.8 Å². The number of ether oxygens (including phenoxy) is 1. The second kappa shape index (κ2) is 7.38. The van der Waals surface area contributed by atoms with Crippen LogP contribution in [-0.4, -0.2) is 49.1 Å². The number of hydrogen-bond acceptors (Lipinski definition) is 4. The fraction of sp³-hybridized carbons (Fsp3) is 0.500. The van der Waals surface area contributed by atoms with E-state index in [1.165, 1.54) is 0 Å². The lowest BCUT2D eigenvalue weighted by atomic mass is 10.1. The van der Waals surface area contributed by atoms with Crippen molar-refractivity contribution in [3.63, 3.8) is 0 Å². The van der Waals surface area contributed by atoms with Gasteiger partial charge in [0.05, 0.1) is 18.7 Å². The lowest BCUT2D eigenvalue weighted by Gasteiger charge is -2.20.